The monoisotopic (exact) mass is 439 g/mol. The maximum atomic E-state index is 5.11. The average molecular weight is 440 g/mol. The summed E-state index contributed by atoms with van der Waals surface area (Å²) in [4.78, 5) is 24.3. The van der Waals surface area contributed by atoms with Crippen molar-refractivity contribution in [2.75, 3.05) is 0 Å². The molecule has 0 radical (unpaired) electrons. The zero-order valence-electron chi connectivity index (χ0n) is 18.9. The molecular weight excluding hydrogens is 418 g/mol. The number of benzene rings is 3. The van der Waals surface area contributed by atoms with E-state index in [-0.39, 0.29) is 0 Å². The number of hydrogen-bond acceptors (Lipinski definition) is 5. The fourth-order valence-corrected chi connectivity index (χ4v) is 4.34. The lowest BCUT2D eigenvalue weighted by atomic mass is 9.94. The van der Waals surface area contributed by atoms with Crippen LogP contribution in [-0.2, 0) is 0 Å². The summed E-state index contributed by atoms with van der Waals surface area (Å²) >= 11 is 0. The Labute approximate surface area is 197 Å². The fourth-order valence-electron chi connectivity index (χ4n) is 4.34. The summed E-state index contributed by atoms with van der Waals surface area (Å²) in [6.45, 7) is 4.15. The minimum atomic E-state index is 0.597. The Kier molecular flexibility index (Phi) is 4.81. The molecule has 0 aliphatic heterocycles. The van der Waals surface area contributed by atoms with E-state index in [0.29, 0.717) is 5.65 Å². The Bertz CT molecular complexity index is 1660. The van der Waals surface area contributed by atoms with E-state index in [1.165, 1.54) is 5.56 Å². The highest BCUT2D eigenvalue weighted by Crippen LogP contribution is 2.39. The molecule has 3 aromatic heterocycles. The zero-order valence-corrected chi connectivity index (χ0v) is 18.9. The van der Waals surface area contributed by atoms with Crippen molar-refractivity contribution in [3.05, 3.63) is 102 Å². The molecule has 6 aromatic rings. The summed E-state index contributed by atoms with van der Waals surface area (Å²) in [5.41, 5.74) is 10.6. The minimum Gasteiger partial charge on any atom is -0.251 e. The molecule has 5 nitrogen and oxygen atoms in total. The second-order valence-electron chi connectivity index (χ2n) is 8.33. The Morgan fingerprint density at radius 1 is 0.529 bits per heavy atom. The quantitative estimate of drug-likeness (QED) is 0.311. The van der Waals surface area contributed by atoms with Crippen LogP contribution in [-0.4, -0.2) is 24.9 Å². The van der Waals surface area contributed by atoms with Crippen LogP contribution in [0, 0.1) is 13.8 Å². The molecule has 0 amide bonds. The molecule has 34 heavy (non-hydrogen) atoms. The Morgan fingerprint density at radius 2 is 1.18 bits per heavy atom. The van der Waals surface area contributed by atoms with Gasteiger partial charge in [-0.15, -0.1) is 0 Å². The van der Waals surface area contributed by atoms with Gasteiger partial charge in [0.15, 0.2) is 5.65 Å². The molecule has 0 aliphatic rings. The third-order valence-corrected chi connectivity index (χ3v) is 6.05. The van der Waals surface area contributed by atoms with Crippen LogP contribution in [0.15, 0.2) is 91.3 Å². The summed E-state index contributed by atoms with van der Waals surface area (Å²) in [5.74, 6) is 0. The van der Waals surface area contributed by atoms with Crippen LogP contribution in [0.3, 0.4) is 0 Å². The van der Waals surface area contributed by atoms with Crippen molar-refractivity contribution in [1.29, 1.82) is 0 Å². The van der Waals surface area contributed by atoms with E-state index in [1.807, 2.05) is 42.5 Å². The van der Waals surface area contributed by atoms with E-state index in [2.05, 4.69) is 60.2 Å². The van der Waals surface area contributed by atoms with Crippen LogP contribution in [0.2, 0.25) is 0 Å². The summed E-state index contributed by atoms with van der Waals surface area (Å²) in [5, 5.41) is 0. The number of nitrogens with zero attached hydrogens (tertiary/aromatic N) is 5. The molecule has 0 bridgehead atoms. The largest absolute Gasteiger partial charge is 0.251 e. The molecule has 0 fully saturated rings. The van der Waals surface area contributed by atoms with E-state index in [4.69, 9.17) is 15.0 Å². The van der Waals surface area contributed by atoms with Crippen molar-refractivity contribution >= 4 is 22.2 Å². The van der Waals surface area contributed by atoms with E-state index in [0.717, 1.165) is 55.9 Å². The van der Waals surface area contributed by atoms with Crippen LogP contribution >= 0.6 is 0 Å². The third-order valence-electron chi connectivity index (χ3n) is 6.05. The fraction of sp³-hybridized carbons (Fsp3) is 0.0690. The van der Waals surface area contributed by atoms with Gasteiger partial charge in [-0.05, 0) is 37.1 Å². The first-order chi connectivity index (χ1) is 16.7. The van der Waals surface area contributed by atoms with E-state index < -0.39 is 0 Å². The van der Waals surface area contributed by atoms with Crippen LogP contribution in [0.25, 0.3) is 56.0 Å². The molecule has 0 N–H and O–H groups in total. The van der Waals surface area contributed by atoms with Crippen molar-refractivity contribution in [1.82, 2.24) is 24.9 Å². The maximum absolute atomic E-state index is 5.11. The van der Waals surface area contributed by atoms with Crippen molar-refractivity contribution in [2.45, 2.75) is 13.8 Å². The SMILES string of the molecule is Cc1ccc(-c2nc3ccccc3nc2-c2nc3nccnc3c(C)c2-c2ccccc2)cc1. The van der Waals surface area contributed by atoms with Gasteiger partial charge in [-0.1, -0.05) is 72.3 Å². The van der Waals surface area contributed by atoms with Gasteiger partial charge < -0.3 is 0 Å². The minimum absolute atomic E-state index is 0.597. The Hall–Kier alpha value is -4.51. The van der Waals surface area contributed by atoms with Crippen LogP contribution < -0.4 is 0 Å². The van der Waals surface area contributed by atoms with Gasteiger partial charge in [0.05, 0.1) is 16.7 Å². The molecule has 5 heteroatoms. The van der Waals surface area contributed by atoms with E-state index in [9.17, 15) is 0 Å². The van der Waals surface area contributed by atoms with Gasteiger partial charge in [0.2, 0.25) is 0 Å². The van der Waals surface area contributed by atoms with Gasteiger partial charge in [-0.2, -0.15) is 0 Å². The Balaban J connectivity index is 1.75. The summed E-state index contributed by atoms with van der Waals surface area (Å²) < 4.78 is 0. The van der Waals surface area contributed by atoms with Crippen LogP contribution in [0.4, 0.5) is 0 Å². The van der Waals surface area contributed by atoms with Gasteiger partial charge >= 0.3 is 0 Å². The summed E-state index contributed by atoms with van der Waals surface area (Å²) in [6, 6.07) is 26.6. The van der Waals surface area contributed by atoms with Crippen molar-refractivity contribution < 1.29 is 0 Å². The molecule has 0 aliphatic carbocycles. The first kappa shape index (κ1) is 20.1. The lowest BCUT2D eigenvalue weighted by Gasteiger charge is -2.16. The number of fused-ring (bicyclic) bond motifs is 2. The molecule has 0 saturated carbocycles. The molecule has 3 heterocycles. The molecule has 6 rings (SSSR count). The predicted molar refractivity (Wildman–Crippen MR) is 136 cm³/mol. The molecule has 162 valence electrons. The predicted octanol–water partition coefficient (Wildman–Crippen LogP) is 6.59. The summed E-state index contributed by atoms with van der Waals surface area (Å²) in [7, 11) is 0. The van der Waals surface area contributed by atoms with Crippen LogP contribution in [0.5, 0.6) is 0 Å². The number of pyridine rings is 1. The molecule has 3 aromatic carbocycles. The average Bonchev–Trinajstić information content (AvgIpc) is 2.89. The van der Waals surface area contributed by atoms with Gasteiger partial charge in [0.25, 0.3) is 0 Å². The highest BCUT2D eigenvalue weighted by Gasteiger charge is 2.22. The molecule has 0 spiro atoms. The number of hydrogen-bond donors (Lipinski definition) is 0. The van der Waals surface area contributed by atoms with Gasteiger partial charge in [-0.3, -0.25) is 4.98 Å². The smallest absolute Gasteiger partial charge is 0.179 e. The molecule has 0 atom stereocenters. The topological polar surface area (TPSA) is 64.5 Å². The second kappa shape index (κ2) is 8.12. The number of aromatic nitrogens is 5. The van der Waals surface area contributed by atoms with Crippen molar-refractivity contribution in [3.63, 3.8) is 0 Å². The lowest BCUT2D eigenvalue weighted by molar-refractivity contribution is 1.19. The molecular formula is C29H21N5. The van der Waals surface area contributed by atoms with E-state index in [1.54, 1.807) is 12.4 Å². The van der Waals surface area contributed by atoms with Gasteiger partial charge in [0.1, 0.15) is 16.9 Å². The number of para-hydroxylation sites is 2. The first-order valence-electron chi connectivity index (χ1n) is 11.2. The van der Waals surface area contributed by atoms with Gasteiger partial charge in [-0.25, -0.2) is 19.9 Å². The van der Waals surface area contributed by atoms with Crippen molar-refractivity contribution in [2.24, 2.45) is 0 Å². The highest BCUT2D eigenvalue weighted by molar-refractivity contribution is 5.96. The zero-order chi connectivity index (χ0) is 23.1. The highest BCUT2D eigenvalue weighted by atomic mass is 14.9. The van der Waals surface area contributed by atoms with Crippen molar-refractivity contribution in [3.8, 4) is 33.8 Å². The molecule has 0 unspecified atom stereocenters. The maximum Gasteiger partial charge on any atom is 0.179 e. The van der Waals surface area contributed by atoms with Crippen LogP contribution in [0.1, 0.15) is 11.1 Å². The third kappa shape index (κ3) is 3.39. The number of aryl methyl sites for hydroxylation is 2. The number of rotatable bonds is 3. The normalized spacial score (nSPS) is 11.2. The Morgan fingerprint density at radius 3 is 1.91 bits per heavy atom. The van der Waals surface area contributed by atoms with Gasteiger partial charge in [0, 0.05) is 23.5 Å². The first-order valence-corrected chi connectivity index (χ1v) is 11.2. The van der Waals surface area contributed by atoms with E-state index >= 15 is 0 Å². The summed E-state index contributed by atoms with van der Waals surface area (Å²) in [6.07, 6.45) is 3.38. The standard InChI is InChI=1S/C29H21N5/c1-18-12-14-21(15-13-18)26-28(33-23-11-7-6-10-22(23)32-26)27-24(20-8-4-3-5-9-20)19(2)25-29(34-27)31-17-16-30-25/h3-17H,1-2H3. The lowest BCUT2D eigenvalue weighted by Crippen LogP contribution is -2.02. The second-order valence-corrected chi connectivity index (χ2v) is 8.33. The molecule has 0 saturated heterocycles.